The van der Waals surface area contributed by atoms with E-state index < -0.39 is 11.5 Å². The molecule has 0 rings (SSSR count). The van der Waals surface area contributed by atoms with Crippen LogP contribution in [0.1, 0.15) is 19.8 Å². The van der Waals surface area contributed by atoms with Gasteiger partial charge in [0.15, 0.2) is 0 Å². The Morgan fingerprint density at radius 1 is 1.54 bits per heavy atom. The van der Waals surface area contributed by atoms with E-state index in [0.29, 0.717) is 13.2 Å². The van der Waals surface area contributed by atoms with Crippen LogP contribution in [0.25, 0.3) is 0 Å². The van der Waals surface area contributed by atoms with E-state index in [-0.39, 0.29) is 5.88 Å². The number of unbranched alkanes of at least 4 members (excludes halogenated alkanes) is 1. The van der Waals surface area contributed by atoms with Gasteiger partial charge in [0.25, 0.3) is 0 Å². The van der Waals surface area contributed by atoms with E-state index in [9.17, 15) is 4.79 Å². The minimum absolute atomic E-state index is 0.199. The topological polar surface area (TPSA) is 35.5 Å². The van der Waals surface area contributed by atoms with Gasteiger partial charge < -0.3 is 9.47 Å². The normalized spacial score (nSPS) is 12.5. The molecule has 0 saturated heterocycles. The van der Waals surface area contributed by atoms with Gasteiger partial charge in [0.2, 0.25) is 0 Å². The Morgan fingerprint density at radius 2 is 2.23 bits per heavy atom. The van der Waals surface area contributed by atoms with Crippen molar-refractivity contribution in [3.05, 3.63) is 0 Å². The molecule has 1 unspecified atom stereocenters. The van der Waals surface area contributed by atoms with Gasteiger partial charge in [-0.1, -0.05) is 13.3 Å². The molecule has 0 saturated carbocycles. The molecule has 0 fully saturated rings. The molecule has 0 aliphatic rings. The predicted octanol–water partition coefficient (Wildman–Crippen LogP) is 2.79. The molecule has 0 radical (unpaired) electrons. The number of hydrogen-bond acceptors (Lipinski definition) is 3. The van der Waals surface area contributed by atoms with Crippen molar-refractivity contribution >= 4 is 28.6 Å². The van der Waals surface area contributed by atoms with Crippen LogP contribution in [0.5, 0.6) is 0 Å². The van der Waals surface area contributed by atoms with Gasteiger partial charge in [-0.15, -0.1) is 11.6 Å². The molecule has 0 spiro atoms. The van der Waals surface area contributed by atoms with Crippen LogP contribution in [0.4, 0.5) is 4.79 Å². The van der Waals surface area contributed by atoms with E-state index in [1.807, 2.05) is 0 Å². The number of rotatable bonds is 7. The van der Waals surface area contributed by atoms with Crippen LogP contribution in [0.15, 0.2) is 0 Å². The summed E-state index contributed by atoms with van der Waals surface area (Å²) in [6, 6.07) is 0. The summed E-state index contributed by atoms with van der Waals surface area (Å²) in [4.78, 5) is 10.3. The van der Waals surface area contributed by atoms with Gasteiger partial charge in [0.1, 0.15) is 6.10 Å². The molecule has 0 aromatic rings. The Bertz CT molecular complexity index is 141. The molecular weight excluding hydrogens is 215 g/mol. The highest BCUT2D eigenvalue weighted by atomic mass is 35.5. The average Bonchev–Trinajstić information content (AvgIpc) is 2.09. The van der Waals surface area contributed by atoms with Gasteiger partial charge >= 0.3 is 5.43 Å². The van der Waals surface area contributed by atoms with E-state index in [0.717, 1.165) is 12.8 Å². The van der Waals surface area contributed by atoms with Crippen molar-refractivity contribution in [3.8, 4) is 0 Å². The van der Waals surface area contributed by atoms with Crippen molar-refractivity contribution in [2.24, 2.45) is 0 Å². The maximum atomic E-state index is 10.3. The second-order valence-electron chi connectivity index (χ2n) is 2.56. The lowest BCUT2D eigenvalue weighted by Crippen LogP contribution is -2.23. The summed E-state index contributed by atoms with van der Waals surface area (Å²) in [5, 5.41) is 0. The minimum Gasteiger partial charge on any atom is -0.447 e. The summed E-state index contributed by atoms with van der Waals surface area (Å²) in [7, 11) is 0. The first-order chi connectivity index (χ1) is 6.20. The zero-order chi connectivity index (χ0) is 10.1. The highest BCUT2D eigenvalue weighted by Crippen LogP contribution is 2.01. The molecule has 3 nitrogen and oxygen atoms in total. The lowest BCUT2D eigenvalue weighted by molar-refractivity contribution is 0.0387. The van der Waals surface area contributed by atoms with Crippen molar-refractivity contribution in [3.63, 3.8) is 0 Å². The van der Waals surface area contributed by atoms with E-state index in [1.54, 1.807) is 0 Å². The zero-order valence-electron chi connectivity index (χ0n) is 7.59. The fourth-order valence-corrected chi connectivity index (χ4v) is 0.980. The standard InChI is InChI=1S/C8H14Cl2O3/c1-2-3-4-12-6-7(5-9)13-8(10)11/h7H,2-6H2,1H3. The third-order valence-corrected chi connectivity index (χ3v) is 1.81. The minimum atomic E-state index is -0.843. The van der Waals surface area contributed by atoms with Crippen LogP contribution >= 0.6 is 23.2 Å². The van der Waals surface area contributed by atoms with Crippen molar-refractivity contribution in [2.45, 2.75) is 25.9 Å². The molecule has 0 amide bonds. The lowest BCUT2D eigenvalue weighted by atomic mass is 10.3. The third kappa shape index (κ3) is 8.34. The number of ether oxygens (including phenoxy) is 2. The van der Waals surface area contributed by atoms with Crippen LogP contribution in [0, 0.1) is 0 Å². The van der Waals surface area contributed by atoms with E-state index in [1.165, 1.54) is 0 Å². The first-order valence-corrected chi connectivity index (χ1v) is 5.11. The van der Waals surface area contributed by atoms with Crippen LogP contribution in [-0.2, 0) is 9.47 Å². The van der Waals surface area contributed by atoms with E-state index >= 15 is 0 Å². The summed E-state index contributed by atoms with van der Waals surface area (Å²) >= 11 is 10.5. The third-order valence-electron chi connectivity index (χ3n) is 1.38. The second-order valence-corrected chi connectivity index (χ2v) is 3.18. The fraction of sp³-hybridized carbons (Fsp3) is 0.875. The van der Waals surface area contributed by atoms with E-state index in [2.05, 4.69) is 11.7 Å². The summed E-state index contributed by atoms with van der Waals surface area (Å²) < 4.78 is 9.86. The fourth-order valence-electron chi connectivity index (χ4n) is 0.702. The monoisotopic (exact) mass is 228 g/mol. The van der Waals surface area contributed by atoms with Crippen LogP contribution in [0.3, 0.4) is 0 Å². The first kappa shape index (κ1) is 13.0. The van der Waals surface area contributed by atoms with Crippen LogP contribution < -0.4 is 0 Å². The molecule has 0 bridgehead atoms. The Kier molecular flexibility index (Phi) is 8.61. The number of carbonyl (C=O) groups excluding carboxylic acids is 1. The van der Waals surface area contributed by atoms with Gasteiger partial charge in [0.05, 0.1) is 12.5 Å². The Labute approximate surface area is 88.3 Å². The van der Waals surface area contributed by atoms with Crippen molar-refractivity contribution < 1.29 is 14.3 Å². The molecule has 0 N–H and O–H groups in total. The number of alkyl halides is 1. The maximum Gasteiger partial charge on any atom is 0.404 e. The summed E-state index contributed by atoms with van der Waals surface area (Å²) in [6.07, 6.45) is 1.62. The molecule has 5 heteroatoms. The molecule has 0 aliphatic heterocycles. The SMILES string of the molecule is CCCCOCC(CCl)OC(=O)Cl. The molecule has 13 heavy (non-hydrogen) atoms. The molecule has 1 atom stereocenters. The maximum absolute atomic E-state index is 10.3. The van der Waals surface area contributed by atoms with Crippen molar-refractivity contribution in [2.75, 3.05) is 19.1 Å². The Balaban J connectivity index is 3.42. The second kappa shape index (κ2) is 8.60. The van der Waals surface area contributed by atoms with Gasteiger partial charge in [-0.05, 0) is 6.42 Å². The van der Waals surface area contributed by atoms with Crippen molar-refractivity contribution in [1.29, 1.82) is 0 Å². The summed E-state index contributed by atoms with van der Waals surface area (Å²) in [5.41, 5.74) is -0.843. The molecule has 0 heterocycles. The molecule has 0 aliphatic carbocycles. The highest BCUT2D eigenvalue weighted by Gasteiger charge is 2.11. The number of halogens is 2. The molecule has 0 aromatic heterocycles. The Morgan fingerprint density at radius 3 is 2.69 bits per heavy atom. The summed E-state index contributed by atoms with van der Waals surface area (Å²) in [5.74, 6) is 0.199. The zero-order valence-corrected chi connectivity index (χ0v) is 9.11. The largest absolute Gasteiger partial charge is 0.447 e. The van der Waals surface area contributed by atoms with Gasteiger partial charge in [-0.25, -0.2) is 4.79 Å². The van der Waals surface area contributed by atoms with Crippen molar-refractivity contribution in [1.82, 2.24) is 0 Å². The number of carbonyl (C=O) groups is 1. The quantitative estimate of drug-likeness (QED) is 0.382. The van der Waals surface area contributed by atoms with Crippen LogP contribution in [0.2, 0.25) is 0 Å². The molecule has 78 valence electrons. The molecular formula is C8H14Cl2O3. The lowest BCUT2D eigenvalue weighted by Gasteiger charge is -2.12. The van der Waals surface area contributed by atoms with E-state index in [4.69, 9.17) is 27.9 Å². The summed E-state index contributed by atoms with van der Waals surface area (Å²) in [6.45, 7) is 3.03. The smallest absolute Gasteiger partial charge is 0.404 e. The van der Waals surface area contributed by atoms with Gasteiger partial charge in [-0.2, -0.15) is 0 Å². The predicted molar refractivity (Wildman–Crippen MR) is 52.6 cm³/mol. The first-order valence-electron chi connectivity index (χ1n) is 4.20. The van der Waals surface area contributed by atoms with Gasteiger partial charge in [-0.3, -0.25) is 0 Å². The van der Waals surface area contributed by atoms with Gasteiger partial charge in [0, 0.05) is 18.2 Å². The molecule has 0 aromatic carbocycles. The highest BCUT2D eigenvalue weighted by molar-refractivity contribution is 6.61. The Hall–Kier alpha value is 0.01000. The number of hydrogen-bond donors (Lipinski definition) is 0. The average molecular weight is 229 g/mol. The van der Waals surface area contributed by atoms with Crippen LogP contribution in [-0.4, -0.2) is 30.6 Å².